The number of carbonyl (C=O) groups excluding carboxylic acids is 1. The van der Waals surface area contributed by atoms with Gasteiger partial charge in [-0.15, -0.1) is 12.4 Å². The third kappa shape index (κ3) is 4.40. The topological polar surface area (TPSA) is 50.8 Å². The molecule has 182 valence electrons. The standard InChI is InChI=1S/C28H34N2O3.ClH/c1-32-26-15-18(16-29-28-22-11-19-10-20(13-22)14-23(28)12-19)6-7-25(26)33-17-27(31)30-9-8-21-4-2-3-5-24(21)30;/h2-7,15,19-20,22-23,28-29H,8-14,16-17H2,1H3;1H. The lowest BCUT2D eigenvalue weighted by atomic mass is 9.54. The molecule has 5 aliphatic rings. The smallest absolute Gasteiger partial charge is 0.264 e. The van der Waals surface area contributed by atoms with Crippen LogP contribution in [0.25, 0.3) is 0 Å². The van der Waals surface area contributed by atoms with E-state index < -0.39 is 0 Å². The van der Waals surface area contributed by atoms with Gasteiger partial charge < -0.3 is 19.7 Å². The summed E-state index contributed by atoms with van der Waals surface area (Å²) in [5.74, 6) is 5.03. The van der Waals surface area contributed by atoms with Crippen LogP contribution in [-0.2, 0) is 17.8 Å². The van der Waals surface area contributed by atoms with Gasteiger partial charge in [-0.1, -0.05) is 24.3 Å². The fraction of sp³-hybridized carbons (Fsp3) is 0.536. The fourth-order valence-electron chi connectivity index (χ4n) is 7.25. The number of anilines is 1. The monoisotopic (exact) mass is 482 g/mol. The average molecular weight is 483 g/mol. The van der Waals surface area contributed by atoms with Crippen LogP contribution >= 0.6 is 12.4 Å². The minimum Gasteiger partial charge on any atom is -0.493 e. The second kappa shape index (κ2) is 9.79. The van der Waals surface area contributed by atoms with Crippen molar-refractivity contribution in [1.82, 2.24) is 5.32 Å². The number of benzene rings is 2. The number of rotatable bonds is 7. The number of fused-ring (bicyclic) bond motifs is 1. The van der Waals surface area contributed by atoms with E-state index in [0.29, 0.717) is 24.1 Å². The van der Waals surface area contributed by atoms with E-state index in [1.54, 1.807) is 7.11 Å². The van der Waals surface area contributed by atoms with E-state index in [4.69, 9.17) is 9.47 Å². The second-order valence-corrected chi connectivity index (χ2v) is 10.5. The Morgan fingerprint density at radius 3 is 2.47 bits per heavy atom. The molecule has 4 fully saturated rings. The number of carbonyl (C=O) groups is 1. The van der Waals surface area contributed by atoms with Crippen molar-refractivity contribution in [2.24, 2.45) is 23.7 Å². The van der Waals surface area contributed by atoms with E-state index in [1.165, 1.54) is 43.2 Å². The molecular weight excluding hydrogens is 448 g/mol. The number of methoxy groups -OCH3 is 1. The van der Waals surface area contributed by atoms with Crippen LogP contribution in [0.2, 0.25) is 0 Å². The van der Waals surface area contributed by atoms with E-state index in [0.717, 1.165) is 42.3 Å². The molecule has 6 heteroatoms. The molecule has 0 aromatic heterocycles. The van der Waals surface area contributed by atoms with Crippen molar-refractivity contribution in [3.8, 4) is 11.5 Å². The predicted octanol–water partition coefficient (Wildman–Crippen LogP) is 5.00. The molecule has 7 rings (SSSR count). The molecule has 4 bridgehead atoms. The second-order valence-electron chi connectivity index (χ2n) is 10.5. The SMILES string of the molecule is COc1cc(CNC2C3CC4CC(C3)CC2C4)ccc1OCC(=O)N1CCc2ccccc21.Cl. The van der Waals surface area contributed by atoms with Crippen molar-refractivity contribution in [1.29, 1.82) is 0 Å². The van der Waals surface area contributed by atoms with Crippen LogP contribution in [0.5, 0.6) is 11.5 Å². The van der Waals surface area contributed by atoms with Crippen molar-refractivity contribution in [2.75, 3.05) is 25.2 Å². The highest BCUT2D eigenvalue weighted by atomic mass is 35.5. The molecule has 2 aromatic rings. The van der Waals surface area contributed by atoms with Gasteiger partial charge in [-0.3, -0.25) is 4.79 Å². The quantitative estimate of drug-likeness (QED) is 0.603. The molecule has 1 aliphatic heterocycles. The maximum absolute atomic E-state index is 12.8. The number of hydrogen-bond donors (Lipinski definition) is 1. The molecule has 4 saturated carbocycles. The van der Waals surface area contributed by atoms with Gasteiger partial charge in [0.1, 0.15) is 0 Å². The molecule has 0 saturated heterocycles. The molecule has 1 amide bonds. The first-order valence-electron chi connectivity index (χ1n) is 12.6. The number of para-hydroxylation sites is 1. The van der Waals surface area contributed by atoms with E-state index in [-0.39, 0.29) is 24.9 Å². The van der Waals surface area contributed by atoms with Crippen LogP contribution in [0, 0.1) is 23.7 Å². The van der Waals surface area contributed by atoms with Gasteiger partial charge in [0.25, 0.3) is 5.91 Å². The molecule has 4 aliphatic carbocycles. The Morgan fingerprint density at radius 1 is 1.00 bits per heavy atom. The average Bonchev–Trinajstić information content (AvgIpc) is 3.26. The number of amides is 1. The van der Waals surface area contributed by atoms with E-state index in [1.807, 2.05) is 35.2 Å². The predicted molar refractivity (Wildman–Crippen MR) is 136 cm³/mol. The summed E-state index contributed by atoms with van der Waals surface area (Å²) in [6.07, 6.45) is 8.10. The van der Waals surface area contributed by atoms with Crippen LogP contribution in [0.3, 0.4) is 0 Å². The maximum atomic E-state index is 12.8. The van der Waals surface area contributed by atoms with Crippen molar-refractivity contribution >= 4 is 24.0 Å². The molecule has 34 heavy (non-hydrogen) atoms. The third-order valence-corrected chi connectivity index (χ3v) is 8.54. The minimum atomic E-state index is -0.0189. The lowest BCUT2D eigenvalue weighted by Crippen LogP contribution is -2.54. The highest BCUT2D eigenvalue weighted by Crippen LogP contribution is 2.53. The van der Waals surface area contributed by atoms with Crippen LogP contribution in [0.4, 0.5) is 5.69 Å². The lowest BCUT2D eigenvalue weighted by molar-refractivity contribution is -0.120. The molecule has 5 nitrogen and oxygen atoms in total. The lowest BCUT2D eigenvalue weighted by Gasteiger charge is -2.54. The number of ether oxygens (including phenoxy) is 2. The summed E-state index contributed by atoms with van der Waals surface area (Å²) in [6, 6.07) is 14.8. The number of nitrogens with zero attached hydrogens (tertiary/aromatic N) is 1. The Morgan fingerprint density at radius 2 is 1.74 bits per heavy atom. The van der Waals surface area contributed by atoms with Crippen LogP contribution in [0.1, 0.15) is 43.2 Å². The summed E-state index contributed by atoms with van der Waals surface area (Å²) in [4.78, 5) is 14.6. The van der Waals surface area contributed by atoms with E-state index in [2.05, 4.69) is 17.4 Å². The summed E-state index contributed by atoms with van der Waals surface area (Å²) in [6.45, 7) is 1.58. The van der Waals surface area contributed by atoms with Gasteiger partial charge in [0.05, 0.1) is 7.11 Å². The highest BCUT2D eigenvalue weighted by molar-refractivity contribution is 5.96. The molecule has 0 atom stereocenters. The highest BCUT2D eigenvalue weighted by Gasteiger charge is 2.47. The summed E-state index contributed by atoms with van der Waals surface area (Å²) in [7, 11) is 1.66. The van der Waals surface area contributed by atoms with Crippen LogP contribution < -0.4 is 19.7 Å². The van der Waals surface area contributed by atoms with Crippen molar-refractivity contribution in [2.45, 2.75) is 51.1 Å². The van der Waals surface area contributed by atoms with Gasteiger partial charge in [0, 0.05) is 24.8 Å². The first-order chi connectivity index (χ1) is 16.2. The number of halogens is 1. The first-order valence-corrected chi connectivity index (χ1v) is 12.6. The number of hydrogen-bond acceptors (Lipinski definition) is 4. The molecule has 1 heterocycles. The van der Waals surface area contributed by atoms with E-state index in [9.17, 15) is 4.79 Å². The zero-order valence-electron chi connectivity index (χ0n) is 19.9. The van der Waals surface area contributed by atoms with Gasteiger partial charge in [0.2, 0.25) is 0 Å². The third-order valence-electron chi connectivity index (χ3n) is 8.54. The first kappa shape index (κ1) is 23.5. The zero-order valence-corrected chi connectivity index (χ0v) is 20.7. The summed E-state index contributed by atoms with van der Waals surface area (Å²) in [5, 5.41) is 3.89. The van der Waals surface area contributed by atoms with E-state index >= 15 is 0 Å². The van der Waals surface area contributed by atoms with Gasteiger partial charge in [0.15, 0.2) is 18.1 Å². The molecule has 0 spiro atoms. The fourth-order valence-corrected chi connectivity index (χ4v) is 7.25. The zero-order chi connectivity index (χ0) is 22.4. The Bertz CT molecular complexity index is 1010. The Balaban J connectivity index is 0.00000241. The Labute approximate surface area is 208 Å². The van der Waals surface area contributed by atoms with Crippen molar-refractivity contribution in [3.05, 3.63) is 53.6 Å². The number of nitrogens with one attached hydrogen (secondary N) is 1. The van der Waals surface area contributed by atoms with Gasteiger partial charge in [-0.05, 0) is 91.5 Å². The van der Waals surface area contributed by atoms with Crippen molar-refractivity contribution in [3.63, 3.8) is 0 Å². The largest absolute Gasteiger partial charge is 0.493 e. The summed E-state index contributed by atoms with van der Waals surface area (Å²) >= 11 is 0. The molecule has 1 N–H and O–H groups in total. The molecule has 0 unspecified atom stereocenters. The molecule has 0 radical (unpaired) electrons. The molecular formula is C28H35ClN2O3. The normalized spacial score (nSPS) is 28.4. The van der Waals surface area contributed by atoms with Crippen LogP contribution in [-0.4, -0.2) is 32.2 Å². The maximum Gasteiger partial charge on any atom is 0.264 e. The Hall–Kier alpha value is -2.24. The minimum absolute atomic E-state index is 0. The van der Waals surface area contributed by atoms with Gasteiger partial charge in [-0.2, -0.15) is 0 Å². The van der Waals surface area contributed by atoms with Crippen LogP contribution in [0.15, 0.2) is 42.5 Å². The summed E-state index contributed by atoms with van der Waals surface area (Å²) < 4.78 is 11.5. The molecule has 2 aromatic carbocycles. The Kier molecular flexibility index (Phi) is 6.76. The van der Waals surface area contributed by atoms with Gasteiger partial charge >= 0.3 is 0 Å². The van der Waals surface area contributed by atoms with Gasteiger partial charge in [-0.25, -0.2) is 0 Å². The summed E-state index contributed by atoms with van der Waals surface area (Å²) in [5.41, 5.74) is 3.43. The van der Waals surface area contributed by atoms with Crippen molar-refractivity contribution < 1.29 is 14.3 Å².